The predicted molar refractivity (Wildman–Crippen MR) is 156 cm³/mol. The number of hydrogen-bond acceptors (Lipinski definition) is 8. The van der Waals surface area contributed by atoms with Gasteiger partial charge in [-0.1, -0.05) is 0 Å². The van der Waals surface area contributed by atoms with Crippen molar-refractivity contribution in [3.63, 3.8) is 0 Å². The third-order valence-electron chi connectivity index (χ3n) is 5.95. The predicted octanol–water partition coefficient (Wildman–Crippen LogP) is 5.97. The molecule has 0 amide bonds. The summed E-state index contributed by atoms with van der Waals surface area (Å²) in [6, 6.07) is 15.7. The molecule has 8 nitrogen and oxygen atoms in total. The van der Waals surface area contributed by atoms with Crippen LogP contribution < -0.4 is 19.3 Å². The second kappa shape index (κ2) is 15.7. The molecule has 200 valence electrons. The number of aliphatic imine (C=N–C) groups is 2. The van der Waals surface area contributed by atoms with Gasteiger partial charge in [0.15, 0.2) is 11.4 Å². The van der Waals surface area contributed by atoms with Gasteiger partial charge in [0.05, 0.1) is 13.2 Å². The van der Waals surface area contributed by atoms with Gasteiger partial charge in [0.2, 0.25) is 0 Å². The number of allylic oxidation sites excluding steroid dienone is 2. The minimum atomic E-state index is -0.0864. The fraction of sp³-hybridized carbons (Fsp3) is 0.400. The van der Waals surface area contributed by atoms with Gasteiger partial charge in [-0.25, -0.2) is 9.98 Å². The van der Waals surface area contributed by atoms with Crippen molar-refractivity contribution in [3.8, 4) is 23.6 Å². The zero-order valence-corrected chi connectivity index (χ0v) is 23.4. The molecule has 38 heavy (non-hydrogen) atoms. The minimum absolute atomic E-state index is 0.0864. The van der Waals surface area contributed by atoms with Crippen LogP contribution in [0.25, 0.3) is 0 Å². The number of ether oxygens (including phenoxy) is 2. The van der Waals surface area contributed by atoms with Crippen LogP contribution in [0, 0.1) is 22.7 Å². The van der Waals surface area contributed by atoms with Crippen molar-refractivity contribution in [2.24, 2.45) is 9.98 Å². The number of anilines is 2. The van der Waals surface area contributed by atoms with Gasteiger partial charge in [0, 0.05) is 73.2 Å². The number of rotatable bonds is 14. The zero-order valence-electron chi connectivity index (χ0n) is 23.4. The lowest BCUT2D eigenvalue weighted by Crippen LogP contribution is -2.21. The Bertz CT molecular complexity index is 1130. The average molecular weight is 515 g/mol. The van der Waals surface area contributed by atoms with Crippen molar-refractivity contribution in [1.29, 1.82) is 10.5 Å². The van der Waals surface area contributed by atoms with Crippen LogP contribution in [0.5, 0.6) is 11.5 Å². The maximum atomic E-state index is 9.73. The van der Waals surface area contributed by atoms with Gasteiger partial charge >= 0.3 is 0 Å². The van der Waals surface area contributed by atoms with Gasteiger partial charge < -0.3 is 19.3 Å². The van der Waals surface area contributed by atoms with Crippen LogP contribution in [0.3, 0.4) is 0 Å². The van der Waals surface area contributed by atoms with E-state index in [1.807, 2.05) is 62.4 Å². The van der Waals surface area contributed by atoms with Crippen LogP contribution in [0.2, 0.25) is 0 Å². The first kappa shape index (κ1) is 29.9. The highest BCUT2D eigenvalue weighted by Gasteiger charge is 2.11. The van der Waals surface area contributed by atoms with E-state index in [2.05, 4.69) is 47.5 Å². The highest BCUT2D eigenvalue weighted by molar-refractivity contribution is 5.87. The zero-order chi connectivity index (χ0) is 27.9. The Morgan fingerprint density at radius 1 is 0.684 bits per heavy atom. The van der Waals surface area contributed by atoms with Gasteiger partial charge in [-0.3, -0.25) is 0 Å². The molecule has 0 heterocycles. The van der Waals surface area contributed by atoms with Crippen LogP contribution in [-0.4, -0.2) is 51.8 Å². The molecule has 0 atom stereocenters. The van der Waals surface area contributed by atoms with E-state index < -0.39 is 0 Å². The van der Waals surface area contributed by atoms with E-state index in [-0.39, 0.29) is 11.4 Å². The summed E-state index contributed by atoms with van der Waals surface area (Å²) in [5.74, 6) is 1.32. The molecule has 0 unspecified atom stereocenters. The first-order valence-electron chi connectivity index (χ1n) is 13.2. The lowest BCUT2D eigenvalue weighted by molar-refractivity contribution is 0.339. The van der Waals surface area contributed by atoms with Crippen molar-refractivity contribution < 1.29 is 9.47 Å². The van der Waals surface area contributed by atoms with Gasteiger partial charge in [-0.15, -0.1) is 0 Å². The molecule has 2 rings (SSSR count). The molecule has 0 aliphatic heterocycles. The second-order valence-electron chi connectivity index (χ2n) is 8.09. The average Bonchev–Trinajstić information content (AvgIpc) is 2.94. The van der Waals surface area contributed by atoms with E-state index in [1.54, 1.807) is 0 Å². The van der Waals surface area contributed by atoms with E-state index in [0.29, 0.717) is 35.8 Å². The highest BCUT2D eigenvalue weighted by atomic mass is 16.5. The van der Waals surface area contributed by atoms with E-state index in [9.17, 15) is 10.5 Å². The summed E-state index contributed by atoms with van der Waals surface area (Å²) >= 11 is 0. The number of nitriles is 2. The van der Waals surface area contributed by atoms with Gasteiger partial charge in [0.25, 0.3) is 0 Å². The molecule has 0 fully saturated rings. The van der Waals surface area contributed by atoms with Crippen LogP contribution in [0.1, 0.15) is 52.7 Å². The third kappa shape index (κ3) is 7.85. The van der Waals surface area contributed by atoms with Gasteiger partial charge in [-0.05, 0) is 65.8 Å². The fourth-order valence-corrected chi connectivity index (χ4v) is 3.95. The molecule has 2 aromatic rings. The third-order valence-corrected chi connectivity index (χ3v) is 5.95. The van der Waals surface area contributed by atoms with Crippen molar-refractivity contribution in [3.05, 3.63) is 58.9 Å². The molecule has 0 radical (unpaired) electrons. The second-order valence-corrected chi connectivity index (χ2v) is 8.09. The standard InChI is InChI=1S/C30H38N6O2/c1-7-35(8-2)25-15-13-23(29(17-25)37-11-5)21-33-27(19-31)28(20-32)34-22-24-14-16-26(36(9-3)10-4)18-30(24)38-12-6/h13-18,21-22H,7-12H2,1-6H3/b28-27-,33-21?,34-22?. The maximum absolute atomic E-state index is 9.73. The molecular formula is C30H38N6O2. The molecule has 8 heteroatoms. The van der Waals surface area contributed by atoms with Crippen LogP contribution in [0.4, 0.5) is 11.4 Å². The van der Waals surface area contributed by atoms with Crippen molar-refractivity contribution >= 4 is 23.8 Å². The van der Waals surface area contributed by atoms with E-state index >= 15 is 0 Å². The minimum Gasteiger partial charge on any atom is -0.493 e. The molecular weight excluding hydrogens is 476 g/mol. The molecule has 0 aliphatic carbocycles. The normalized spacial score (nSPS) is 11.7. The van der Waals surface area contributed by atoms with Crippen LogP contribution in [-0.2, 0) is 0 Å². The molecule has 0 aromatic heterocycles. The van der Waals surface area contributed by atoms with Crippen LogP contribution >= 0.6 is 0 Å². The quantitative estimate of drug-likeness (QED) is 0.227. The Balaban J connectivity index is 2.43. The summed E-state index contributed by atoms with van der Waals surface area (Å²) < 4.78 is 11.6. The molecule has 0 saturated heterocycles. The van der Waals surface area contributed by atoms with E-state index in [1.165, 1.54) is 12.4 Å². The molecule has 2 aromatic carbocycles. The van der Waals surface area contributed by atoms with Crippen LogP contribution in [0.15, 0.2) is 57.8 Å². The summed E-state index contributed by atoms with van der Waals surface area (Å²) in [7, 11) is 0. The SMILES string of the molecule is CCOc1cc(N(CC)CC)ccc1C=N/C(C#N)=C(/C#N)N=Cc1ccc(N(CC)CC)cc1OCC. The lowest BCUT2D eigenvalue weighted by Gasteiger charge is -2.22. The Hall–Kier alpha value is -4.30. The van der Waals surface area contributed by atoms with Crippen molar-refractivity contribution in [1.82, 2.24) is 0 Å². The van der Waals surface area contributed by atoms with E-state index in [0.717, 1.165) is 37.6 Å². The summed E-state index contributed by atoms with van der Waals surface area (Å²) in [6.07, 6.45) is 3.07. The Morgan fingerprint density at radius 2 is 1.05 bits per heavy atom. The fourth-order valence-electron chi connectivity index (χ4n) is 3.95. The Kier molecular flexibility index (Phi) is 12.4. The summed E-state index contributed by atoms with van der Waals surface area (Å²) in [6.45, 7) is 16.7. The largest absolute Gasteiger partial charge is 0.493 e. The Labute approximate surface area is 227 Å². The molecule has 0 aliphatic rings. The maximum Gasteiger partial charge on any atom is 0.176 e. The highest BCUT2D eigenvalue weighted by Crippen LogP contribution is 2.27. The van der Waals surface area contributed by atoms with Crippen molar-refractivity contribution in [2.75, 3.05) is 49.2 Å². The smallest absolute Gasteiger partial charge is 0.176 e. The summed E-state index contributed by atoms with van der Waals surface area (Å²) in [5, 5.41) is 19.5. The summed E-state index contributed by atoms with van der Waals surface area (Å²) in [5.41, 5.74) is 3.34. The topological polar surface area (TPSA) is 97.2 Å². The molecule has 0 bridgehead atoms. The number of hydrogen-bond donors (Lipinski definition) is 0. The Morgan fingerprint density at radius 3 is 1.34 bits per heavy atom. The molecule has 0 spiro atoms. The van der Waals surface area contributed by atoms with Gasteiger partial charge in [0.1, 0.15) is 23.6 Å². The number of nitrogens with zero attached hydrogens (tertiary/aromatic N) is 6. The monoisotopic (exact) mass is 514 g/mol. The number of benzene rings is 2. The summed E-state index contributed by atoms with van der Waals surface area (Å²) in [4.78, 5) is 13.0. The molecule has 0 saturated carbocycles. The first-order valence-corrected chi connectivity index (χ1v) is 13.2. The van der Waals surface area contributed by atoms with Crippen molar-refractivity contribution in [2.45, 2.75) is 41.5 Å². The lowest BCUT2D eigenvalue weighted by atomic mass is 10.1. The van der Waals surface area contributed by atoms with E-state index in [4.69, 9.17) is 9.47 Å². The first-order chi connectivity index (χ1) is 18.5. The molecule has 0 N–H and O–H groups in total. The van der Waals surface area contributed by atoms with Gasteiger partial charge in [-0.2, -0.15) is 10.5 Å².